The summed E-state index contributed by atoms with van der Waals surface area (Å²) >= 11 is 0. The highest BCUT2D eigenvalue weighted by Gasteiger charge is 2.16. The molecule has 0 fully saturated rings. The predicted molar refractivity (Wildman–Crippen MR) is 135 cm³/mol. The van der Waals surface area contributed by atoms with E-state index in [1.807, 2.05) is 39.0 Å². The molecule has 0 radical (unpaired) electrons. The van der Waals surface area contributed by atoms with E-state index in [9.17, 15) is 5.11 Å². The molecule has 0 saturated heterocycles. The summed E-state index contributed by atoms with van der Waals surface area (Å²) in [6.45, 7) is 18.1. The number of hydrogen-bond donors (Lipinski definition) is 1. The number of ether oxygens (including phenoxy) is 2. The second kappa shape index (κ2) is 14.9. The number of benzene rings is 2. The van der Waals surface area contributed by atoms with Crippen molar-refractivity contribution in [3.8, 4) is 17.6 Å². The van der Waals surface area contributed by atoms with Crippen molar-refractivity contribution in [2.24, 2.45) is 0 Å². The first kappa shape index (κ1) is 27.1. The van der Waals surface area contributed by atoms with Gasteiger partial charge < -0.3 is 14.6 Å². The minimum Gasteiger partial charge on any atom is -0.510 e. The minimum absolute atomic E-state index is 0.0102. The molecule has 2 aromatic carbocycles. The van der Waals surface area contributed by atoms with E-state index in [2.05, 4.69) is 62.8 Å². The van der Waals surface area contributed by atoms with Gasteiger partial charge in [-0.3, -0.25) is 0 Å². The summed E-state index contributed by atoms with van der Waals surface area (Å²) in [4.78, 5) is 0. The van der Waals surface area contributed by atoms with Crippen molar-refractivity contribution in [2.75, 3.05) is 6.61 Å². The van der Waals surface area contributed by atoms with Gasteiger partial charge in [0.25, 0.3) is 0 Å². The Morgan fingerprint density at radius 1 is 1.06 bits per heavy atom. The van der Waals surface area contributed by atoms with Crippen molar-refractivity contribution in [1.29, 1.82) is 0 Å². The lowest BCUT2D eigenvalue weighted by Gasteiger charge is -2.20. The zero-order chi connectivity index (χ0) is 23.9. The maximum Gasteiger partial charge on any atom is 0.149 e. The summed E-state index contributed by atoms with van der Waals surface area (Å²) in [5, 5.41) is 9.82. The van der Waals surface area contributed by atoms with Gasteiger partial charge in [-0.25, -0.2) is 0 Å². The Balaban J connectivity index is 0.00000249. The van der Waals surface area contributed by atoms with Crippen molar-refractivity contribution in [2.45, 2.75) is 65.6 Å². The van der Waals surface area contributed by atoms with Crippen molar-refractivity contribution in [1.82, 2.24) is 0 Å². The molecule has 172 valence electrons. The van der Waals surface area contributed by atoms with Gasteiger partial charge in [0.05, 0.1) is 6.10 Å². The smallest absolute Gasteiger partial charge is 0.149 e. The largest absolute Gasteiger partial charge is 0.510 e. The molecular formula is C29H38O3. The van der Waals surface area contributed by atoms with Gasteiger partial charge in [-0.1, -0.05) is 56.0 Å². The number of rotatable bonds is 10. The third kappa shape index (κ3) is 9.90. The average Bonchev–Trinajstić information content (AvgIpc) is 2.78. The molecular weight excluding hydrogens is 396 g/mol. The number of hydrogen-bond acceptors (Lipinski definition) is 3. The van der Waals surface area contributed by atoms with Crippen molar-refractivity contribution in [3.63, 3.8) is 0 Å². The van der Waals surface area contributed by atoms with Crippen LogP contribution in [0.2, 0.25) is 0 Å². The molecule has 1 N–H and O–H groups in total. The topological polar surface area (TPSA) is 38.7 Å². The zero-order valence-electron chi connectivity index (χ0n) is 20.1. The van der Waals surface area contributed by atoms with Crippen LogP contribution in [-0.4, -0.2) is 23.9 Å². The molecule has 2 rings (SSSR count). The molecule has 3 heteroatoms. The molecule has 0 amide bonds. The lowest BCUT2D eigenvalue weighted by atomic mass is 10.0. The van der Waals surface area contributed by atoms with Crippen LogP contribution < -0.4 is 4.74 Å². The Morgan fingerprint density at radius 2 is 1.72 bits per heavy atom. The van der Waals surface area contributed by atoms with Gasteiger partial charge in [-0.2, -0.15) is 0 Å². The Labute approximate surface area is 194 Å². The van der Waals surface area contributed by atoms with E-state index in [0.29, 0.717) is 13.0 Å². The van der Waals surface area contributed by atoms with Gasteiger partial charge in [0.2, 0.25) is 0 Å². The maximum absolute atomic E-state index is 9.82. The molecule has 1 atom stereocenters. The Kier molecular flexibility index (Phi) is 12.6. The predicted octanol–water partition coefficient (Wildman–Crippen LogP) is 6.98. The molecule has 0 spiro atoms. The molecule has 0 heterocycles. The monoisotopic (exact) mass is 434 g/mol. The van der Waals surface area contributed by atoms with Crippen molar-refractivity contribution >= 4 is 0 Å². The SMILES string of the molecule is C=C.C=C(O)C(Cc1ccc(C)c(OCC#Cc2ccc(CCCC)cc2)c1)OC(C)C. The fourth-order valence-electron chi connectivity index (χ4n) is 3.10. The van der Waals surface area contributed by atoms with E-state index in [0.717, 1.165) is 28.9 Å². The van der Waals surface area contributed by atoms with E-state index in [4.69, 9.17) is 9.47 Å². The molecule has 1 unspecified atom stereocenters. The van der Waals surface area contributed by atoms with Crippen LogP contribution in [0.5, 0.6) is 5.75 Å². The second-order valence-corrected chi connectivity index (χ2v) is 7.86. The highest BCUT2D eigenvalue weighted by molar-refractivity contribution is 5.39. The quantitative estimate of drug-likeness (QED) is 0.249. The van der Waals surface area contributed by atoms with Crippen LogP contribution in [-0.2, 0) is 17.6 Å². The first-order valence-corrected chi connectivity index (χ1v) is 11.2. The van der Waals surface area contributed by atoms with Crippen LogP contribution in [0, 0.1) is 18.8 Å². The summed E-state index contributed by atoms with van der Waals surface area (Å²) < 4.78 is 11.7. The van der Waals surface area contributed by atoms with Crippen LogP contribution >= 0.6 is 0 Å². The highest BCUT2D eigenvalue weighted by Crippen LogP contribution is 2.22. The van der Waals surface area contributed by atoms with E-state index in [1.165, 1.54) is 18.4 Å². The molecule has 2 aromatic rings. The molecule has 0 bridgehead atoms. The van der Waals surface area contributed by atoms with Gasteiger partial charge in [0.15, 0.2) is 0 Å². The third-order valence-corrected chi connectivity index (χ3v) is 4.79. The first-order valence-electron chi connectivity index (χ1n) is 11.2. The van der Waals surface area contributed by atoms with E-state index < -0.39 is 6.10 Å². The molecule has 0 saturated carbocycles. The van der Waals surface area contributed by atoms with E-state index in [-0.39, 0.29) is 11.9 Å². The fourth-order valence-corrected chi connectivity index (χ4v) is 3.10. The van der Waals surface area contributed by atoms with Gasteiger partial charge >= 0.3 is 0 Å². The standard InChI is InChI=1S/C27H34O3.C2H4/c1-6-7-9-23-13-15-24(16-14-23)10-8-17-29-26-18-25(12-11-21(26)4)19-27(22(5)28)30-20(2)3;1-2/h11-16,18,20,27-28H,5-7,9,17,19H2,1-4H3;1-2H2. The van der Waals surface area contributed by atoms with Crippen LogP contribution in [0.25, 0.3) is 0 Å². The summed E-state index contributed by atoms with van der Waals surface area (Å²) in [6, 6.07) is 14.5. The Bertz CT molecular complexity index is 885. The molecule has 32 heavy (non-hydrogen) atoms. The van der Waals surface area contributed by atoms with E-state index in [1.54, 1.807) is 0 Å². The van der Waals surface area contributed by atoms with Crippen LogP contribution in [0.3, 0.4) is 0 Å². The van der Waals surface area contributed by atoms with Gasteiger partial charge in [-0.05, 0) is 68.5 Å². The number of aliphatic hydroxyl groups excluding tert-OH is 1. The molecule has 0 aliphatic rings. The lowest BCUT2D eigenvalue weighted by Crippen LogP contribution is -2.22. The normalized spacial score (nSPS) is 11.0. The average molecular weight is 435 g/mol. The summed E-state index contributed by atoms with van der Waals surface area (Å²) in [5.41, 5.74) is 4.42. The third-order valence-electron chi connectivity index (χ3n) is 4.79. The molecule has 3 nitrogen and oxygen atoms in total. The fraction of sp³-hybridized carbons (Fsp3) is 0.379. The Hall–Kier alpha value is -2.96. The van der Waals surface area contributed by atoms with Gasteiger partial charge in [-0.15, -0.1) is 13.2 Å². The van der Waals surface area contributed by atoms with Gasteiger partial charge in [0, 0.05) is 12.0 Å². The van der Waals surface area contributed by atoms with Crippen molar-refractivity contribution in [3.05, 3.63) is 90.2 Å². The summed E-state index contributed by atoms with van der Waals surface area (Å²) in [7, 11) is 0. The zero-order valence-corrected chi connectivity index (χ0v) is 20.1. The minimum atomic E-state index is -0.430. The molecule has 0 aliphatic heterocycles. The summed E-state index contributed by atoms with van der Waals surface area (Å²) in [6.07, 6.45) is 3.67. The first-order chi connectivity index (χ1) is 15.4. The Morgan fingerprint density at radius 3 is 2.31 bits per heavy atom. The molecule has 0 aliphatic carbocycles. The second-order valence-electron chi connectivity index (χ2n) is 7.86. The van der Waals surface area contributed by atoms with Crippen LogP contribution in [0.4, 0.5) is 0 Å². The number of unbranched alkanes of at least 4 members (excludes halogenated alkanes) is 1. The van der Waals surface area contributed by atoms with E-state index >= 15 is 0 Å². The van der Waals surface area contributed by atoms with Crippen LogP contribution in [0.15, 0.2) is 68.0 Å². The number of aryl methyl sites for hydroxylation is 2. The van der Waals surface area contributed by atoms with Crippen molar-refractivity contribution < 1.29 is 14.6 Å². The maximum atomic E-state index is 9.82. The molecule has 0 aromatic heterocycles. The van der Waals surface area contributed by atoms with Gasteiger partial charge in [0.1, 0.15) is 24.2 Å². The van der Waals surface area contributed by atoms with Crippen LogP contribution in [0.1, 0.15) is 55.9 Å². The summed E-state index contributed by atoms with van der Waals surface area (Å²) in [5.74, 6) is 7.09. The lowest BCUT2D eigenvalue weighted by molar-refractivity contribution is 0.00789. The number of aliphatic hydroxyl groups is 1. The highest BCUT2D eigenvalue weighted by atomic mass is 16.5.